The van der Waals surface area contributed by atoms with Crippen LogP contribution in [0.1, 0.15) is 74.8 Å². The highest BCUT2D eigenvalue weighted by Gasteiger charge is 2.31. The van der Waals surface area contributed by atoms with E-state index in [0.717, 1.165) is 35.6 Å². The number of hydrogen-bond acceptors (Lipinski definition) is 1. The van der Waals surface area contributed by atoms with Gasteiger partial charge in [-0.1, -0.05) is 66.4 Å². The SMILES string of the molecule is Cc1ccc(C2CCC(C3CCC(CCn4nc(Cl)c5ccccc54)CC3)CC2)cc1. The van der Waals surface area contributed by atoms with Crippen molar-refractivity contribution in [2.75, 3.05) is 0 Å². The summed E-state index contributed by atoms with van der Waals surface area (Å²) in [6, 6.07) is 17.6. The average molecular weight is 435 g/mol. The quantitative estimate of drug-likeness (QED) is 0.395. The molecule has 2 saturated carbocycles. The van der Waals surface area contributed by atoms with Crippen LogP contribution >= 0.6 is 11.6 Å². The molecule has 2 nitrogen and oxygen atoms in total. The number of rotatable bonds is 5. The fourth-order valence-electron chi connectivity index (χ4n) is 6.27. The lowest BCUT2D eigenvalue weighted by atomic mass is 9.68. The molecule has 31 heavy (non-hydrogen) atoms. The van der Waals surface area contributed by atoms with Gasteiger partial charge in [0.15, 0.2) is 5.15 Å². The van der Waals surface area contributed by atoms with Crippen LogP contribution in [0, 0.1) is 24.7 Å². The summed E-state index contributed by atoms with van der Waals surface area (Å²) >= 11 is 6.33. The van der Waals surface area contributed by atoms with Crippen molar-refractivity contribution in [3.8, 4) is 0 Å². The van der Waals surface area contributed by atoms with E-state index < -0.39 is 0 Å². The van der Waals surface area contributed by atoms with Crippen LogP contribution in [0.2, 0.25) is 5.15 Å². The third kappa shape index (κ3) is 4.70. The summed E-state index contributed by atoms with van der Waals surface area (Å²) in [4.78, 5) is 0. The second kappa shape index (κ2) is 9.36. The van der Waals surface area contributed by atoms with Gasteiger partial charge in [-0.2, -0.15) is 5.10 Å². The van der Waals surface area contributed by atoms with E-state index in [2.05, 4.69) is 59.2 Å². The van der Waals surface area contributed by atoms with Crippen molar-refractivity contribution in [2.45, 2.75) is 77.2 Å². The molecule has 1 aromatic heterocycles. The molecule has 3 heteroatoms. The van der Waals surface area contributed by atoms with E-state index in [1.54, 1.807) is 5.56 Å². The van der Waals surface area contributed by atoms with Gasteiger partial charge in [0.05, 0.1) is 5.52 Å². The van der Waals surface area contributed by atoms with Gasteiger partial charge >= 0.3 is 0 Å². The van der Waals surface area contributed by atoms with E-state index in [4.69, 9.17) is 11.6 Å². The van der Waals surface area contributed by atoms with E-state index in [-0.39, 0.29) is 0 Å². The lowest BCUT2D eigenvalue weighted by Crippen LogP contribution is -2.25. The zero-order chi connectivity index (χ0) is 21.2. The van der Waals surface area contributed by atoms with Crippen LogP contribution in [0.5, 0.6) is 0 Å². The summed E-state index contributed by atoms with van der Waals surface area (Å²) in [5.74, 6) is 3.58. The summed E-state index contributed by atoms with van der Waals surface area (Å²) in [6.07, 6.45) is 12.6. The maximum Gasteiger partial charge on any atom is 0.158 e. The Balaban J connectivity index is 1.09. The van der Waals surface area contributed by atoms with Crippen LogP contribution in [0.3, 0.4) is 0 Å². The third-order valence-corrected chi connectivity index (χ3v) is 8.52. The number of fused-ring (bicyclic) bond motifs is 1. The fraction of sp³-hybridized carbons (Fsp3) is 0.536. The molecular formula is C28H35ClN2. The van der Waals surface area contributed by atoms with Gasteiger partial charge < -0.3 is 0 Å². The van der Waals surface area contributed by atoms with E-state index in [1.807, 2.05) is 6.07 Å². The summed E-state index contributed by atoms with van der Waals surface area (Å²) in [7, 11) is 0. The number of aromatic nitrogens is 2. The van der Waals surface area contributed by atoms with Crippen LogP contribution in [0.25, 0.3) is 10.9 Å². The maximum atomic E-state index is 6.33. The number of halogens is 1. The molecule has 2 aliphatic rings. The van der Waals surface area contributed by atoms with Gasteiger partial charge in [0.1, 0.15) is 0 Å². The molecular weight excluding hydrogens is 400 g/mol. The fourth-order valence-corrected chi connectivity index (χ4v) is 6.52. The summed E-state index contributed by atoms with van der Waals surface area (Å²) in [5.41, 5.74) is 4.11. The molecule has 0 N–H and O–H groups in total. The first-order chi connectivity index (χ1) is 15.2. The summed E-state index contributed by atoms with van der Waals surface area (Å²) in [5, 5.41) is 6.30. The highest BCUT2D eigenvalue weighted by molar-refractivity contribution is 6.34. The molecule has 2 fully saturated rings. The van der Waals surface area contributed by atoms with Crippen LogP contribution in [0.15, 0.2) is 48.5 Å². The van der Waals surface area contributed by atoms with E-state index in [9.17, 15) is 0 Å². The second-order valence-corrected chi connectivity index (χ2v) is 10.5. The van der Waals surface area contributed by atoms with Crippen molar-refractivity contribution in [3.63, 3.8) is 0 Å². The highest BCUT2D eigenvalue weighted by atomic mass is 35.5. The first kappa shape index (κ1) is 21.1. The molecule has 0 saturated heterocycles. The smallest absolute Gasteiger partial charge is 0.158 e. The van der Waals surface area contributed by atoms with Gasteiger partial charge in [-0.3, -0.25) is 4.68 Å². The molecule has 0 bridgehead atoms. The van der Waals surface area contributed by atoms with Gasteiger partial charge in [-0.15, -0.1) is 0 Å². The number of nitrogens with zero attached hydrogens (tertiary/aromatic N) is 2. The molecule has 0 radical (unpaired) electrons. The molecule has 2 aliphatic carbocycles. The molecule has 1 heterocycles. The van der Waals surface area contributed by atoms with Gasteiger partial charge in [0, 0.05) is 11.9 Å². The zero-order valence-corrected chi connectivity index (χ0v) is 19.5. The maximum absolute atomic E-state index is 6.33. The van der Waals surface area contributed by atoms with Gasteiger partial charge in [0.25, 0.3) is 0 Å². The van der Waals surface area contributed by atoms with Crippen molar-refractivity contribution in [2.24, 2.45) is 17.8 Å². The normalized spacial score (nSPS) is 26.9. The minimum atomic E-state index is 0.639. The number of para-hydroxylation sites is 1. The Kier molecular flexibility index (Phi) is 6.36. The number of hydrogen-bond donors (Lipinski definition) is 0. The predicted molar refractivity (Wildman–Crippen MR) is 131 cm³/mol. The average Bonchev–Trinajstić information content (AvgIpc) is 3.14. The molecule has 2 aromatic carbocycles. The van der Waals surface area contributed by atoms with Crippen LogP contribution in [-0.2, 0) is 6.54 Å². The Morgan fingerprint density at radius 3 is 2.19 bits per heavy atom. The van der Waals surface area contributed by atoms with Crippen molar-refractivity contribution in [3.05, 3.63) is 64.8 Å². The first-order valence-corrected chi connectivity index (χ1v) is 12.7. The van der Waals surface area contributed by atoms with Gasteiger partial charge in [-0.25, -0.2) is 0 Å². The molecule has 0 atom stereocenters. The Labute approximate surface area is 192 Å². The van der Waals surface area contributed by atoms with Crippen LogP contribution < -0.4 is 0 Å². The Bertz CT molecular complexity index is 990. The molecule has 0 amide bonds. The van der Waals surface area contributed by atoms with Crippen molar-refractivity contribution in [1.29, 1.82) is 0 Å². The molecule has 0 spiro atoms. The third-order valence-electron chi connectivity index (χ3n) is 8.24. The number of aryl methyl sites for hydroxylation is 2. The zero-order valence-electron chi connectivity index (χ0n) is 18.8. The van der Waals surface area contributed by atoms with Gasteiger partial charge in [0.2, 0.25) is 0 Å². The van der Waals surface area contributed by atoms with Crippen molar-refractivity contribution in [1.82, 2.24) is 9.78 Å². The Morgan fingerprint density at radius 1 is 0.839 bits per heavy atom. The largest absolute Gasteiger partial charge is 0.263 e. The molecule has 5 rings (SSSR count). The minimum absolute atomic E-state index is 0.639. The molecule has 0 unspecified atom stereocenters. The Morgan fingerprint density at radius 2 is 1.48 bits per heavy atom. The highest BCUT2D eigenvalue weighted by Crippen LogP contribution is 2.44. The molecule has 0 aliphatic heterocycles. The predicted octanol–water partition coefficient (Wildman–Crippen LogP) is 8.17. The molecule has 164 valence electrons. The second-order valence-electron chi connectivity index (χ2n) is 10.1. The van der Waals surface area contributed by atoms with Crippen LogP contribution in [-0.4, -0.2) is 9.78 Å². The lowest BCUT2D eigenvalue weighted by molar-refractivity contribution is 0.154. The summed E-state index contributed by atoms with van der Waals surface area (Å²) in [6.45, 7) is 3.17. The molecule has 3 aromatic rings. The van der Waals surface area contributed by atoms with E-state index >= 15 is 0 Å². The monoisotopic (exact) mass is 434 g/mol. The van der Waals surface area contributed by atoms with Gasteiger partial charge in [-0.05, 0) is 93.2 Å². The van der Waals surface area contributed by atoms with E-state index in [1.165, 1.54) is 68.9 Å². The number of benzene rings is 2. The minimum Gasteiger partial charge on any atom is -0.263 e. The van der Waals surface area contributed by atoms with E-state index in [0.29, 0.717) is 5.15 Å². The first-order valence-electron chi connectivity index (χ1n) is 12.3. The van der Waals surface area contributed by atoms with Crippen molar-refractivity contribution >= 4 is 22.5 Å². The standard InChI is InChI=1S/C28H35ClN2/c1-20-6-10-22(11-7-20)24-14-16-25(17-15-24)23-12-8-21(9-13-23)18-19-31-27-5-3-2-4-26(27)28(29)30-31/h2-7,10-11,21,23-25H,8-9,12-19H2,1H3. The summed E-state index contributed by atoms with van der Waals surface area (Å²) < 4.78 is 2.12. The van der Waals surface area contributed by atoms with Crippen molar-refractivity contribution < 1.29 is 0 Å². The lowest BCUT2D eigenvalue weighted by Gasteiger charge is -2.38. The Hall–Kier alpha value is -1.80. The topological polar surface area (TPSA) is 17.8 Å². The van der Waals surface area contributed by atoms with Crippen LogP contribution in [0.4, 0.5) is 0 Å².